The second kappa shape index (κ2) is 7.10. The van der Waals surface area contributed by atoms with Gasteiger partial charge in [0, 0.05) is 30.5 Å². The smallest absolute Gasteiger partial charge is 0.378 e. The fourth-order valence-electron chi connectivity index (χ4n) is 2.47. The summed E-state index contributed by atoms with van der Waals surface area (Å²) in [5, 5.41) is 2.91. The van der Waals surface area contributed by atoms with Gasteiger partial charge in [0.2, 0.25) is 0 Å². The van der Waals surface area contributed by atoms with Crippen molar-refractivity contribution in [2.75, 3.05) is 31.6 Å². The number of nitrogens with one attached hydrogen (secondary N) is 1. The Kier molecular flexibility index (Phi) is 4.89. The van der Waals surface area contributed by atoms with Gasteiger partial charge >= 0.3 is 6.18 Å². The Balaban J connectivity index is 1.72. The third-order valence-corrected chi connectivity index (χ3v) is 3.79. The van der Waals surface area contributed by atoms with Gasteiger partial charge < -0.3 is 15.0 Å². The van der Waals surface area contributed by atoms with E-state index in [0.29, 0.717) is 43.4 Å². The van der Waals surface area contributed by atoms with Crippen molar-refractivity contribution in [3.63, 3.8) is 0 Å². The van der Waals surface area contributed by atoms with E-state index in [1.54, 1.807) is 17.0 Å². The molecule has 0 spiro atoms. The van der Waals surface area contributed by atoms with Crippen LogP contribution in [0.1, 0.15) is 15.9 Å². The van der Waals surface area contributed by atoms with Gasteiger partial charge in [-0.25, -0.2) is 4.98 Å². The maximum Gasteiger partial charge on any atom is 0.416 e. The lowest BCUT2D eigenvalue weighted by molar-refractivity contribution is -0.137. The number of hydrogen-bond donors (Lipinski definition) is 1. The molecule has 132 valence electrons. The molecule has 1 saturated heterocycles. The fraction of sp³-hybridized carbons (Fsp3) is 0.294. The third-order valence-electron chi connectivity index (χ3n) is 3.79. The van der Waals surface area contributed by atoms with Crippen molar-refractivity contribution in [2.24, 2.45) is 0 Å². The number of ether oxygens (including phenoxy) is 1. The lowest BCUT2D eigenvalue weighted by Crippen LogP contribution is -2.40. The molecule has 1 aromatic carbocycles. The molecule has 3 rings (SSSR count). The van der Waals surface area contributed by atoms with Gasteiger partial charge in [-0.1, -0.05) is 0 Å². The van der Waals surface area contributed by atoms with E-state index in [1.165, 1.54) is 18.3 Å². The first-order valence-corrected chi connectivity index (χ1v) is 7.71. The minimum atomic E-state index is -4.37. The molecule has 8 heteroatoms. The fourth-order valence-corrected chi connectivity index (χ4v) is 2.47. The van der Waals surface area contributed by atoms with Gasteiger partial charge in [0.25, 0.3) is 5.91 Å². The quantitative estimate of drug-likeness (QED) is 0.922. The van der Waals surface area contributed by atoms with Gasteiger partial charge in [0.15, 0.2) is 0 Å². The molecule has 1 amide bonds. The number of morpholine rings is 1. The van der Waals surface area contributed by atoms with Gasteiger partial charge in [-0.05, 0) is 36.4 Å². The van der Waals surface area contributed by atoms with E-state index in [2.05, 4.69) is 10.3 Å². The summed E-state index contributed by atoms with van der Waals surface area (Å²) in [6.07, 6.45) is -2.89. The van der Waals surface area contributed by atoms with E-state index < -0.39 is 11.7 Å². The van der Waals surface area contributed by atoms with Crippen LogP contribution < -0.4 is 5.32 Å². The molecule has 1 aliphatic heterocycles. The average molecular weight is 351 g/mol. The summed E-state index contributed by atoms with van der Waals surface area (Å²) >= 11 is 0. The Hall–Kier alpha value is -2.61. The highest BCUT2D eigenvalue weighted by Crippen LogP contribution is 2.30. The number of nitrogens with zero attached hydrogens (tertiary/aromatic N) is 2. The van der Waals surface area contributed by atoms with Crippen LogP contribution in [0.3, 0.4) is 0 Å². The Morgan fingerprint density at radius 3 is 2.44 bits per heavy atom. The van der Waals surface area contributed by atoms with Crippen molar-refractivity contribution in [2.45, 2.75) is 6.18 Å². The van der Waals surface area contributed by atoms with E-state index in [0.717, 1.165) is 12.1 Å². The molecule has 0 atom stereocenters. The molecule has 0 aliphatic carbocycles. The Labute approximate surface area is 142 Å². The molecule has 1 N–H and O–H groups in total. The SMILES string of the molecule is O=C(c1ccnc(Nc2ccc(C(F)(F)F)cc2)c1)N1CCOCC1. The van der Waals surface area contributed by atoms with Gasteiger partial charge in [-0.15, -0.1) is 0 Å². The second-order valence-electron chi connectivity index (χ2n) is 5.53. The number of rotatable bonds is 3. The standard InChI is InChI=1S/C17H16F3N3O2/c18-17(19,20)13-1-3-14(4-2-13)22-15-11-12(5-6-21-15)16(24)23-7-9-25-10-8-23/h1-6,11H,7-10H2,(H,21,22). The van der Waals surface area contributed by atoms with Gasteiger partial charge in [-0.2, -0.15) is 13.2 Å². The number of carbonyl (C=O) groups is 1. The summed E-state index contributed by atoms with van der Waals surface area (Å²) in [7, 11) is 0. The van der Waals surface area contributed by atoms with Crippen LogP contribution in [0, 0.1) is 0 Å². The minimum Gasteiger partial charge on any atom is -0.378 e. The largest absolute Gasteiger partial charge is 0.416 e. The van der Waals surface area contributed by atoms with Crippen molar-refractivity contribution in [1.29, 1.82) is 0 Å². The molecule has 5 nitrogen and oxygen atoms in total. The predicted molar refractivity (Wildman–Crippen MR) is 85.7 cm³/mol. The molecular weight excluding hydrogens is 335 g/mol. The lowest BCUT2D eigenvalue weighted by Gasteiger charge is -2.26. The van der Waals surface area contributed by atoms with Crippen molar-refractivity contribution in [1.82, 2.24) is 9.88 Å². The molecule has 0 unspecified atom stereocenters. The van der Waals surface area contributed by atoms with E-state index >= 15 is 0 Å². The first-order valence-electron chi connectivity index (χ1n) is 7.71. The molecule has 1 aliphatic rings. The number of anilines is 2. The molecule has 1 fully saturated rings. The average Bonchev–Trinajstić information content (AvgIpc) is 2.62. The Bertz CT molecular complexity index is 742. The third kappa shape index (κ3) is 4.27. The van der Waals surface area contributed by atoms with Crippen LogP contribution in [0.25, 0.3) is 0 Å². The maximum atomic E-state index is 12.6. The predicted octanol–water partition coefficient (Wildman–Crippen LogP) is 3.32. The van der Waals surface area contributed by atoms with Gasteiger partial charge in [-0.3, -0.25) is 4.79 Å². The summed E-state index contributed by atoms with van der Waals surface area (Å²) in [5.41, 5.74) is 0.199. The van der Waals surface area contributed by atoms with Crippen LogP contribution in [-0.4, -0.2) is 42.1 Å². The van der Waals surface area contributed by atoms with Crippen LogP contribution in [0.5, 0.6) is 0 Å². The highest BCUT2D eigenvalue weighted by molar-refractivity contribution is 5.95. The number of alkyl halides is 3. The van der Waals surface area contributed by atoms with Crippen LogP contribution in [-0.2, 0) is 10.9 Å². The highest BCUT2D eigenvalue weighted by Gasteiger charge is 2.29. The van der Waals surface area contributed by atoms with E-state index in [4.69, 9.17) is 4.74 Å². The van der Waals surface area contributed by atoms with Gasteiger partial charge in [0.05, 0.1) is 18.8 Å². The van der Waals surface area contributed by atoms with Crippen LogP contribution >= 0.6 is 0 Å². The van der Waals surface area contributed by atoms with E-state index in [9.17, 15) is 18.0 Å². The molecule has 2 aromatic rings. The van der Waals surface area contributed by atoms with Crippen LogP contribution in [0.15, 0.2) is 42.6 Å². The normalized spacial score (nSPS) is 15.1. The summed E-state index contributed by atoms with van der Waals surface area (Å²) in [4.78, 5) is 18.2. The van der Waals surface area contributed by atoms with Crippen molar-refractivity contribution in [3.8, 4) is 0 Å². The minimum absolute atomic E-state index is 0.124. The molecule has 25 heavy (non-hydrogen) atoms. The zero-order valence-electron chi connectivity index (χ0n) is 13.2. The van der Waals surface area contributed by atoms with E-state index in [-0.39, 0.29) is 5.91 Å². The molecule has 1 aromatic heterocycles. The first kappa shape index (κ1) is 17.2. The number of pyridine rings is 1. The monoisotopic (exact) mass is 351 g/mol. The second-order valence-corrected chi connectivity index (χ2v) is 5.53. The Morgan fingerprint density at radius 1 is 1.12 bits per heavy atom. The number of halogens is 3. The molecule has 0 bridgehead atoms. The molecular formula is C17H16F3N3O2. The topological polar surface area (TPSA) is 54.5 Å². The summed E-state index contributed by atoms with van der Waals surface area (Å²) in [6, 6.07) is 7.81. The molecule has 0 radical (unpaired) electrons. The number of aromatic nitrogens is 1. The van der Waals surface area contributed by atoms with Crippen molar-refractivity contribution >= 4 is 17.4 Å². The zero-order chi connectivity index (χ0) is 17.9. The van der Waals surface area contributed by atoms with Crippen molar-refractivity contribution < 1.29 is 22.7 Å². The number of carbonyl (C=O) groups excluding carboxylic acids is 1. The summed E-state index contributed by atoms with van der Waals surface area (Å²) in [5.74, 6) is 0.264. The van der Waals surface area contributed by atoms with E-state index in [1.807, 2.05) is 0 Å². The number of benzene rings is 1. The summed E-state index contributed by atoms with van der Waals surface area (Å²) < 4.78 is 43.0. The number of amides is 1. The van der Waals surface area contributed by atoms with Gasteiger partial charge in [0.1, 0.15) is 5.82 Å². The lowest BCUT2D eigenvalue weighted by atomic mass is 10.2. The summed E-state index contributed by atoms with van der Waals surface area (Å²) in [6.45, 7) is 2.08. The maximum absolute atomic E-state index is 12.6. The van der Waals surface area contributed by atoms with Crippen molar-refractivity contribution in [3.05, 3.63) is 53.7 Å². The first-order chi connectivity index (χ1) is 11.9. The Morgan fingerprint density at radius 2 is 1.80 bits per heavy atom. The number of hydrogen-bond acceptors (Lipinski definition) is 4. The molecule has 0 saturated carbocycles. The van der Waals surface area contributed by atoms with Crippen LogP contribution in [0.2, 0.25) is 0 Å². The zero-order valence-corrected chi connectivity index (χ0v) is 13.2. The van der Waals surface area contributed by atoms with Crippen LogP contribution in [0.4, 0.5) is 24.7 Å². The highest BCUT2D eigenvalue weighted by atomic mass is 19.4. The molecule has 2 heterocycles.